The Morgan fingerprint density at radius 3 is 2.63 bits per heavy atom. The molecule has 1 aliphatic carbocycles. The van der Waals surface area contributed by atoms with Crippen LogP contribution in [0.25, 0.3) is 22.2 Å². The number of halogens is 3. The summed E-state index contributed by atoms with van der Waals surface area (Å²) in [5.74, 6) is -1.12. The lowest BCUT2D eigenvalue weighted by molar-refractivity contribution is -0.384. The molecule has 0 saturated heterocycles. The van der Waals surface area contributed by atoms with Crippen LogP contribution in [0.1, 0.15) is 18.9 Å². The molecule has 0 bridgehead atoms. The molecule has 1 fully saturated rings. The molecule has 1 N–H and O–H groups in total. The molecule has 0 atom stereocenters. The number of aromatic nitrogens is 3. The van der Waals surface area contributed by atoms with Gasteiger partial charge in [-0.1, -0.05) is 11.6 Å². The Bertz CT molecular complexity index is 1540. The fraction of sp³-hybridized carbons (Fsp3) is 0.308. The number of likely N-dealkylation sites (N-methyl/N-ethyl adjacent to an activating group) is 2. The lowest BCUT2D eigenvalue weighted by Gasteiger charge is -2.22. The maximum absolute atomic E-state index is 15.0. The summed E-state index contributed by atoms with van der Waals surface area (Å²) < 4.78 is 31.1. The van der Waals surface area contributed by atoms with E-state index in [-0.39, 0.29) is 34.1 Å². The molecule has 4 aromatic rings. The molecule has 12 heteroatoms. The number of hydrogen-bond donors (Lipinski definition) is 1. The van der Waals surface area contributed by atoms with Gasteiger partial charge in [0, 0.05) is 54.9 Å². The first-order chi connectivity index (χ1) is 18.1. The zero-order valence-corrected chi connectivity index (χ0v) is 21.8. The second-order valence-electron chi connectivity index (χ2n) is 9.66. The molecule has 0 radical (unpaired) electrons. The number of nitrogens with one attached hydrogen (secondary N) is 1. The SMILES string of the molecule is CN(C)CCN(C)c1cc(Cl)c(Nc2ncc(F)c(-c3cn(C4CC4)c4ccc(F)cc34)n2)cc1[N+](=O)[O-]. The van der Waals surface area contributed by atoms with Gasteiger partial charge in [-0.25, -0.2) is 18.7 Å². The van der Waals surface area contributed by atoms with E-state index in [9.17, 15) is 18.9 Å². The first-order valence-corrected chi connectivity index (χ1v) is 12.4. The summed E-state index contributed by atoms with van der Waals surface area (Å²) >= 11 is 6.49. The van der Waals surface area contributed by atoms with Crippen LogP contribution >= 0.6 is 11.6 Å². The largest absolute Gasteiger partial charge is 0.368 e. The van der Waals surface area contributed by atoms with Gasteiger partial charge in [-0.3, -0.25) is 10.1 Å². The molecule has 2 aromatic heterocycles. The van der Waals surface area contributed by atoms with Crippen molar-refractivity contribution in [3.63, 3.8) is 0 Å². The first kappa shape index (κ1) is 25.8. The minimum absolute atomic E-state index is 0.00460. The number of anilines is 3. The third kappa shape index (κ3) is 5.11. The quantitative estimate of drug-likeness (QED) is 0.205. The standard InChI is InChI=1S/C26H26ClF2N7O2/c1-33(2)8-9-34(3)23-11-19(27)21(12-24(23)36(37)38)31-26-30-13-20(29)25(32-26)18-14-35(16-5-6-16)22-7-4-15(28)10-17(18)22/h4,7,10-14,16H,5-6,8-9H2,1-3H3,(H,30,31,32). The Labute approximate surface area is 222 Å². The molecule has 5 rings (SSSR count). The molecule has 2 heterocycles. The third-order valence-corrected chi connectivity index (χ3v) is 6.85. The van der Waals surface area contributed by atoms with Gasteiger partial charge < -0.3 is 19.7 Å². The molecule has 1 aliphatic rings. The van der Waals surface area contributed by atoms with Gasteiger partial charge in [-0.2, -0.15) is 0 Å². The molecular formula is C26H26ClF2N7O2. The number of nitrogens with zero attached hydrogens (tertiary/aromatic N) is 6. The monoisotopic (exact) mass is 541 g/mol. The van der Waals surface area contributed by atoms with E-state index in [1.165, 1.54) is 24.3 Å². The van der Waals surface area contributed by atoms with Crippen LogP contribution in [0.2, 0.25) is 5.02 Å². The number of nitro groups is 1. The predicted molar refractivity (Wildman–Crippen MR) is 144 cm³/mol. The highest BCUT2D eigenvalue weighted by atomic mass is 35.5. The average molecular weight is 542 g/mol. The molecular weight excluding hydrogens is 516 g/mol. The van der Waals surface area contributed by atoms with Crippen molar-refractivity contribution in [3.05, 3.63) is 69.5 Å². The maximum Gasteiger partial charge on any atom is 0.294 e. The zero-order valence-electron chi connectivity index (χ0n) is 21.1. The van der Waals surface area contributed by atoms with E-state index in [1.54, 1.807) is 24.2 Å². The normalized spacial score (nSPS) is 13.3. The summed E-state index contributed by atoms with van der Waals surface area (Å²) in [5.41, 5.74) is 1.63. The summed E-state index contributed by atoms with van der Waals surface area (Å²) in [6, 6.07) is 7.53. The summed E-state index contributed by atoms with van der Waals surface area (Å²) in [6.45, 7) is 1.24. The molecule has 1 saturated carbocycles. The number of hydrogen-bond acceptors (Lipinski definition) is 7. The van der Waals surface area contributed by atoms with Gasteiger partial charge in [0.05, 0.1) is 21.8 Å². The highest BCUT2D eigenvalue weighted by molar-refractivity contribution is 6.33. The van der Waals surface area contributed by atoms with Crippen LogP contribution < -0.4 is 10.2 Å². The fourth-order valence-electron chi connectivity index (χ4n) is 4.38. The van der Waals surface area contributed by atoms with Crippen molar-refractivity contribution in [2.45, 2.75) is 18.9 Å². The molecule has 38 heavy (non-hydrogen) atoms. The fourth-order valence-corrected chi connectivity index (χ4v) is 4.58. The van der Waals surface area contributed by atoms with Crippen LogP contribution in [0.4, 0.5) is 31.8 Å². The van der Waals surface area contributed by atoms with Gasteiger partial charge in [0.15, 0.2) is 5.82 Å². The van der Waals surface area contributed by atoms with Crippen molar-refractivity contribution < 1.29 is 13.7 Å². The Hall–Kier alpha value is -3.83. The summed E-state index contributed by atoms with van der Waals surface area (Å²) in [7, 11) is 5.59. The first-order valence-electron chi connectivity index (χ1n) is 12.1. The van der Waals surface area contributed by atoms with Gasteiger partial charge in [0.1, 0.15) is 17.2 Å². The molecule has 0 aliphatic heterocycles. The molecule has 0 amide bonds. The molecule has 198 valence electrons. The second kappa shape index (κ2) is 10.1. The van der Waals surface area contributed by atoms with Crippen molar-refractivity contribution in [3.8, 4) is 11.3 Å². The van der Waals surface area contributed by atoms with Crippen molar-refractivity contribution in [1.29, 1.82) is 0 Å². The number of nitro benzene ring substituents is 1. The van der Waals surface area contributed by atoms with Crippen LogP contribution in [0.3, 0.4) is 0 Å². The van der Waals surface area contributed by atoms with Crippen molar-refractivity contribution >= 4 is 45.5 Å². The summed E-state index contributed by atoms with van der Waals surface area (Å²) in [4.78, 5) is 23.5. The van der Waals surface area contributed by atoms with Crippen LogP contribution in [0, 0.1) is 21.7 Å². The maximum atomic E-state index is 15.0. The Morgan fingerprint density at radius 1 is 1.18 bits per heavy atom. The minimum Gasteiger partial charge on any atom is -0.368 e. The Morgan fingerprint density at radius 2 is 1.95 bits per heavy atom. The van der Waals surface area contributed by atoms with E-state index in [2.05, 4.69) is 15.3 Å². The second-order valence-corrected chi connectivity index (χ2v) is 10.1. The molecule has 2 aromatic carbocycles. The lowest BCUT2D eigenvalue weighted by atomic mass is 10.1. The van der Waals surface area contributed by atoms with Gasteiger partial charge in [-0.05, 0) is 51.2 Å². The highest BCUT2D eigenvalue weighted by Gasteiger charge is 2.27. The zero-order chi connectivity index (χ0) is 27.1. The lowest BCUT2D eigenvalue weighted by Crippen LogP contribution is -2.28. The molecule has 0 unspecified atom stereocenters. The van der Waals surface area contributed by atoms with E-state index < -0.39 is 16.6 Å². The number of benzene rings is 2. The van der Waals surface area contributed by atoms with Crippen LogP contribution in [-0.2, 0) is 0 Å². The van der Waals surface area contributed by atoms with Gasteiger partial charge >= 0.3 is 0 Å². The minimum atomic E-state index is -0.676. The predicted octanol–water partition coefficient (Wildman–Crippen LogP) is 6.01. The van der Waals surface area contributed by atoms with Gasteiger partial charge in [-0.15, -0.1) is 0 Å². The van der Waals surface area contributed by atoms with Crippen molar-refractivity contribution in [1.82, 2.24) is 19.4 Å². The van der Waals surface area contributed by atoms with E-state index in [0.29, 0.717) is 29.7 Å². The van der Waals surface area contributed by atoms with Crippen LogP contribution in [-0.4, -0.2) is 58.6 Å². The van der Waals surface area contributed by atoms with Crippen LogP contribution in [0.5, 0.6) is 0 Å². The third-order valence-electron chi connectivity index (χ3n) is 6.54. The van der Waals surface area contributed by atoms with Gasteiger partial charge in [0.2, 0.25) is 5.95 Å². The smallest absolute Gasteiger partial charge is 0.294 e. The topological polar surface area (TPSA) is 92.4 Å². The summed E-state index contributed by atoms with van der Waals surface area (Å²) in [6.07, 6.45) is 4.79. The van der Waals surface area contributed by atoms with Crippen LogP contribution in [0.15, 0.2) is 42.7 Å². The highest BCUT2D eigenvalue weighted by Crippen LogP contribution is 2.42. The summed E-state index contributed by atoms with van der Waals surface area (Å²) in [5, 5.41) is 15.5. The Balaban J connectivity index is 1.51. The average Bonchev–Trinajstić information content (AvgIpc) is 3.65. The van der Waals surface area contributed by atoms with E-state index >= 15 is 0 Å². The molecule has 9 nitrogen and oxygen atoms in total. The van der Waals surface area contributed by atoms with E-state index in [0.717, 1.165) is 24.6 Å². The van der Waals surface area contributed by atoms with Crippen molar-refractivity contribution in [2.75, 3.05) is 44.4 Å². The Kier molecular flexibility index (Phi) is 6.89. The van der Waals surface area contributed by atoms with Gasteiger partial charge in [0.25, 0.3) is 5.69 Å². The number of fused-ring (bicyclic) bond motifs is 1. The van der Waals surface area contributed by atoms with Crippen molar-refractivity contribution in [2.24, 2.45) is 0 Å². The van der Waals surface area contributed by atoms with E-state index in [1.807, 2.05) is 23.6 Å². The van der Waals surface area contributed by atoms with E-state index in [4.69, 9.17) is 11.6 Å². The number of rotatable bonds is 9. The molecule has 0 spiro atoms.